The summed E-state index contributed by atoms with van der Waals surface area (Å²) in [4.78, 5) is 13.6. The number of amidine groups is 1. The van der Waals surface area contributed by atoms with E-state index in [1.54, 1.807) is 6.20 Å². The van der Waals surface area contributed by atoms with E-state index >= 15 is 0 Å². The molecular formula is C29H40N6O. The van der Waals surface area contributed by atoms with Crippen molar-refractivity contribution in [3.8, 4) is 16.8 Å². The largest absolute Gasteiger partial charge is 0.306 e. The van der Waals surface area contributed by atoms with Gasteiger partial charge >= 0.3 is 0 Å². The molecule has 2 aromatic carbocycles. The average Bonchev–Trinajstić information content (AvgIpc) is 3.61. The third-order valence-electron chi connectivity index (χ3n) is 6.49. The van der Waals surface area contributed by atoms with Gasteiger partial charge in [-0.05, 0) is 73.4 Å². The lowest BCUT2D eigenvalue weighted by Gasteiger charge is -2.23. The van der Waals surface area contributed by atoms with E-state index in [4.69, 9.17) is 0 Å². The molecule has 3 N–H and O–H groups in total. The SMILES string of the molecule is CC(C)=O.CCCC(CCC(C)CC)c1cc(C2=NNNN2)ccc1-c1ccc(-n2ccnc2)cc1. The lowest BCUT2D eigenvalue weighted by Crippen LogP contribution is -2.35. The number of carbonyl (C=O) groups excluding carboxylic acids is 1. The van der Waals surface area contributed by atoms with Crippen molar-refractivity contribution >= 4 is 11.6 Å². The molecule has 1 aromatic heterocycles. The summed E-state index contributed by atoms with van der Waals surface area (Å²) in [5.41, 5.74) is 14.9. The summed E-state index contributed by atoms with van der Waals surface area (Å²) < 4.78 is 2.03. The minimum Gasteiger partial charge on any atom is -0.306 e. The molecule has 0 radical (unpaired) electrons. The van der Waals surface area contributed by atoms with Crippen LogP contribution in [0, 0.1) is 5.92 Å². The Morgan fingerprint density at radius 3 is 2.31 bits per heavy atom. The fourth-order valence-corrected chi connectivity index (χ4v) is 4.36. The summed E-state index contributed by atoms with van der Waals surface area (Å²) >= 11 is 0. The van der Waals surface area contributed by atoms with Gasteiger partial charge in [0.1, 0.15) is 5.78 Å². The second-order valence-corrected chi connectivity index (χ2v) is 9.63. The second kappa shape index (κ2) is 13.6. The molecule has 0 fully saturated rings. The highest BCUT2D eigenvalue weighted by atomic mass is 16.1. The Balaban J connectivity index is 0.000000840. The van der Waals surface area contributed by atoms with E-state index < -0.39 is 0 Å². The smallest absolute Gasteiger partial charge is 0.170 e. The number of carbonyl (C=O) groups is 1. The van der Waals surface area contributed by atoms with Crippen molar-refractivity contribution in [1.29, 1.82) is 0 Å². The van der Waals surface area contributed by atoms with Crippen molar-refractivity contribution in [3.63, 3.8) is 0 Å². The number of nitrogens with zero attached hydrogens (tertiary/aromatic N) is 3. The average molecular weight is 489 g/mol. The Hall–Kier alpha value is -3.45. The maximum Gasteiger partial charge on any atom is 0.170 e. The van der Waals surface area contributed by atoms with Gasteiger partial charge in [-0.2, -0.15) is 0 Å². The van der Waals surface area contributed by atoms with Gasteiger partial charge in [0.2, 0.25) is 0 Å². The molecule has 7 nitrogen and oxygen atoms in total. The van der Waals surface area contributed by atoms with Crippen LogP contribution < -0.4 is 16.5 Å². The number of rotatable bonds is 10. The summed E-state index contributed by atoms with van der Waals surface area (Å²) in [6, 6.07) is 15.5. The minimum atomic E-state index is 0.167. The molecule has 0 spiro atoms. The van der Waals surface area contributed by atoms with Crippen molar-refractivity contribution in [2.75, 3.05) is 0 Å². The summed E-state index contributed by atoms with van der Waals surface area (Å²) in [7, 11) is 0. The standard InChI is InChI=1S/C26H34N6.C3H6O/c1-4-6-20(8-7-19(3)5-2)25-17-22(26-28-30-31-29-26)11-14-24(25)21-9-12-23(13-10-21)32-16-15-27-18-32;1-3(2)4/h9-20,30-31H,4-8H2,1-3H3,(H,28,29);1-2H3. The van der Waals surface area contributed by atoms with Gasteiger partial charge in [-0.1, -0.05) is 64.3 Å². The number of hydrazone groups is 1. The molecule has 0 aliphatic carbocycles. The van der Waals surface area contributed by atoms with Crippen molar-refractivity contribution in [1.82, 2.24) is 26.0 Å². The zero-order valence-corrected chi connectivity index (χ0v) is 22.2. The van der Waals surface area contributed by atoms with Crippen LogP contribution in [0.1, 0.15) is 83.8 Å². The quantitative estimate of drug-likeness (QED) is 0.320. The molecule has 3 aromatic rings. The molecule has 7 heteroatoms. The van der Waals surface area contributed by atoms with E-state index in [-0.39, 0.29) is 5.78 Å². The first-order valence-corrected chi connectivity index (χ1v) is 13.0. The number of ketones is 1. The fourth-order valence-electron chi connectivity index (χ4n) is 4.36. The Kier molecular flexibility index (Phi) is 10.2. The molecule has 0 saturated heterocycles. The van der Waals surface area contributed by atoms with Crippen LogP contribution >= 0.6 is 0 Å². The predicted octanol–water partition coefficient (Wildman–Crippen LogP) is 6.12. The van der Waals surface area contributed by atoms with Crippen LogP contribution in [0.4, 0.5) is 0 Å². The number of hydrazine groups is 2. The van der Waals surface area contributed by atoms with Crippen LogP contribution in [0.15, 0.2) is 66.3 Å². The maximum atomic E-state index is 9.44. The number of aromatic nitrogens is 2. The molecule has 4 rings (SSSR count). The van der Waals surface area contributed by atoms with Crippen LogP contribution in [0.3, 0.4) is 0 Å². The van der Waals surface area contributed by atoms with Crippen LogP contribution in [0.2, 0.25) is 0 Å². The highest BCUT2D eigenvalue weighted by Crippen LogP contribution is 2.37. The second-order valence-electron chi connectivity index (χ2n) is 9.63. The fraction of sp³-hybridized carbons (Fsp3) is 0.414. The van der Waals surface area contributed by atoms with Crippen molar-refractivity contribution in [2.45, 2.75) is 72.6 Å². The number of hydrogen-bond acceptors (Lipinski definition) is 6. The first-order valence-electron chi connectivity index (χ1n) is 13.0. The molecule has 1 aliphatic heterocycles. The topological polar surface area (TPSA) is 83.3 Å². The summed E-state index contributed by atoms with van der Waals surface area (Å²) in [5, 5.41) is 4.32. The first kappa shape index (κ1) is 27.1. The molecular weight excluding hydrogens is 448 g/mol. The van der Waals surface area contributed by atoms with Gasteiger partial charge in [-0.25, -0.2) is 10.5 Å². The third-order valence-corrected chi connectivity index (χ3v) is 6.49. The third kappa shape index (κ3) is 7.52. The molecule has 1 aliphatic rings. The van der Waals surface area contributed by atoms with E-state index in [0.29, 0.717) is 5.92 Å². The summed E-state index contributed by atoms with van der Waals surface area (Å²) in [6.45, 7) is 10.00. The molecule has 0 saturated carbocycles. The van der Waals surface area contributed by atoms with E-state index in [0.717, 1.165) is 23.0 Å². The number of benzene rings is 2. The Morgan fingerprint density at radius 2 is 1.72 bits per heavy atom. The van der Waals surface area contributed by atoms with Gasteiger partial charge in [0.25, 0.3) is 0 Å². The van der Waals surface area contributed by atoms with Crippen molar-refractivity contribution in [3.05, 3.63) is 72.3 Å². The van der Waals surface area contributed by atoms with Gasteiger partial charge in [0.05, 0.1) is 6.33 Å². The number of Topliss-reactive ketones (excluding diaryl/α,β-unsaturated/α-hetero) is 1. The molecule has 2 atom stereocenters. The minimum absolute atomic E-state index is 0.167. The lowest BCUT2D eigenvalue weighted by molar-refractivity contribution is -0.114. The van der Waals surface area contributed by atoms with Crippen LogP contribution in [0.25, 0.3) is 16.8 Å². The number of nitrogens with one attached hydrogen (secondary N) is 3. The summed E-state index contributed by atoms with van der Waals surface area (Å²) in [5.74, 6) is 2.27. The Labute approximate surface area is 215 Å². The maximum absolute atomic E-state index is 9.44. The van der Waals surface area contributed by atoms with Gasteiger partial charge in [-0.15, -0.1) is 10.6 Å². The zero-order chi connectivity index (χ0) is 25.9. The van der Waals surface area contributed by atoms with E-state index in [2.05, 4.69) is 89.8 Å². The van der Waals surface area contributed by atoms with E-state index in [1.807, 2.05) is 17.1 Å². The molecule has 192 valence electrons. The lowest BCUT2D eigenvalue weighted by atomic mass is 9.82. The highest BCUT2D eigenvalue weighted by molar-refractivity contribution is 5.99. The molecule has 36 heavy (non-hydrogen) atoms. The van der Waals surface area contributed by atoms with Gasteiger partial charge in [0.15, 0.2) is 5.84 Å². The highest BCUT2D eigenvalue weighted by Gasteiger charge is 2.19. The molecule has 2 heterocycles. The van der Waals surface area contributed by atoms with Crippen LogP contribution in [0.5, 0.6) is 0 Å². The summed E-state index contributed by atoms with van der Waals surface area (Å²) in [6.07, 6.45) is 11.7. The van der Waals surface area contributed by atoms with Crippen molar-refractivity contribution < 1.29 is 4.79 Å². The van der Waals surface area contributed by atoms with E-state index in [9.17, 15) is 4.79 Å². The molecule has 0 amide bonds. The molecule has 0 bridgehead atoms. The van der Waals surface area contributed by atoms with E-state index in [1.165, 1.54) is 62.6 Å². The number of imidazole rings is 1. The monoisotopic (exact) mass is 488 g/mol. The van der Waals surface area contributed by atoms with Crippen molar-refractivity contribution in [2.24, 2.45) is 11.0 Å². The Morgan fingerprint density at radius 1 is 1.00 bits per heavy atom. The van der Waals surface area contributed by atoms with Crippen LogP contribution in [-0.2, 0) is 4.79 Å². The normalized spacial score (nSPS) is 14.1. The molecule has 2 unspecified atom stereocenters. The predicted molar refractivity (Wildman–Crippen MR) is 148 cm³/mol. The Bertz CT molecular complexity index is 1120. The van der Waals surface area contributed by atoms with Gasteiger partial charge in [-0.3, -0.25) is 5.43 Å². The van der Waals surface area contributed by atoms with Gasteiger partial charge < -0.3 is 9.36 Å². The number of hydrogen-bond donors (Lipinski definition) is 3. The van der Waals surface area contributed by atoms with Gasteiger partial charge in [0, 0.05) is 23.6 Å². The van der Waals surface area contributed by atoms with Crippen LogP contribution in [-0.4, -0.2) is 21.2 Å². The first-order chi connectivity index (χ1) is 17.4. The zero-order valence-electron chi connectivity index (χ0n) is 22.2.